The summed E-state index contributed by atoms with van der Waals surface area (Å²) in [4.78, 5) is 0. The van der Waals surface area contributed by atoms with E-state index in [1.54, 1.807) is 6.07 Å². The molecule has 1 saturated heterocycles. The Kier molecular flexibility index (Phi) is 6.94. The van der Waals surface area contributed by atoms with E-state index in [0.29, 0.717) is 17.2 Å². The van der Waals surface area contributed by atoms with Gasteiger partial charge >= 0.3 is 0 Å². The number of ether oxygens (including phenoxy) is 1. The average Bonchev–Trinajstić information content (AvgIpc) is 2.49. The molecule has 2 unspecified atom stereocenters. The third kappa shape index (κ3) is 5.57. The highest BCUT2D eigenvalue weighted by molar-refractivity contribution is 6.31. The van der Waals surface area contributed by atoms with Crippen LogP contribution in [0.5, 0.6) is 0 Å². The Bertz CT molecular complexity index is 435. The van der Waals surface area contributed by atoms with E-state index >= 15 is 0 Å². The summed E-state index contributed by atoms with van der Waals surface area (Å²) in [6.07, 6.45) is 7.03. The number of benzene rings is 1. The molecule has 118 valence electrons. The first kappa shape index (κ1) is 16.7. The normalized spacial score (nSPS) is 20.4. The van der Waals surface area contributed by atoms with Gasteiger partial charge in [-0.25, -0.2) is 4.39 Å². The molecule has 2 atom stereocenters. The molecule has 1 fully saturated rings. The maximum absolute atomic E-state index is 13.1. The van der Waals surface area contributed by atoms with Crippen LogP contribution in [0.2, 0.25) is 5.02 Å². The van der Waals surface area contributed by atoms with E-state index in [9.17, 15) is 4.39 Å². The topological polar surface area (TPSA) is 21.3 Å². The smallest absolute Gasteiger partial charge is 0.124 e. The monoisotopic (exact) mass is 313 g/mol. The maximum Gasteiger partial charge on any atom is 0.124 e. The van der Waals surface area contributed by atoms with Crippen LogP contribution in [0.3, 0.4) is 0 Å². The van der Waals surface area contributed by atoms with Gasteiger partial charge in [0.25, 0.3) is 0 Å². The van der Waals surface area contributed by atoms with Gasteiger partial charge in [-0.3, -0.25) is 0 Å². The molecule has 1 aliphatic heterocycles. The summed E-state index contributed by atoms with van der Waals surface area (Å²) in [6, 6.07) is 5.03. The van der Waals surface area contributed by atoms with Gasteiger partial charge in [-0.1, -0.05) is 24.6 Å². The highest BCUT2D eigenvalue weighted by Crippen LogP contribution is 2.22. The lowest BCUT2D eigenvalue weighted by Gasteiger charge is -2.25. The fourth-order valence-corrected chi connectivity index (χ4v) is 3.18. The molecule has 0 spiro atoms. The Morgan fingerprint density at radius 2 is 2.29 bits per heavy atom. The van der Waals surface area contributed by atoms with E-state index < -0.39 is 0 Å². The van der Waals surface area contributed by atoms with Crippen molar-refractivity contribution in [3.05, 3.63) is 34.6 Å². The SMILES string of the molecule is CCNC(CCC1CCCCO1)Cc1ccc(F)cc1Cl. The van der Waals surface area contributed by atoms with Gasteiger partial charge in [0.05, 0.1) is 6.10 Å². The van der Waals surface area contributed by atoms with Gasteiger partial charge in [-0.15, -0.1) is 0 Å². The van der Waals surface area contributed by atoms with E-state index in [1.165, 1.54) is 31.4 Å². The molecule has 0 radical (unpaired) electrons. The molecule has 1 aliphatic rings. The highest BCUT2D eigenvalue weighted by atomic mass is 35.5. The highest BCUT2D eigenvalue weighted by Gasteiger charge is 2.17. The van der Waals surface area contributed by atoms with Crippen molar-refractivity contribution in [1.82, 2.24) is 5.32 Å². The van der Waals surface area contributed by atoms with Crippen molar-refractivity contribution >= 4 is 11.6 Å². The number of rotatable bonds is 7. The van der Waals surface area contributed by atoms with Crippen molar-refractivity contribution < 1.29 is 9.13 Å². The minimum absolute atomic E-state index is 0.278. The van der Waals surface area contributed by atoms with Crippen LogP contribution >= 0.6 is 11.6 Å². The third-order valence-electron chi connectivity index (χ3n) is 4.09. The summed E-state index contributed by atoms with van der Waals surface area (Å²) in [7, 11) is 0. The van der Waals surface area contributed by atoms with E-state index in [2.05, 4.69) is 12.2 Å². The second-order valence-corrected chi connectivity index (χ2v) is 6.17. The molecule has 0 saturated carbocycles. The van der Waals surface area contributed by atoms with Gasteiger partial charge in [-0.05, 0) is 62.8 Å². The van der Waals surface area contributed by atoms with Gasteiger partial charge in [0.1, 0.15) is 5.82 Å². The molecule has 2 rings (SSSR count). The Balaban J connectivity index is 1.88. The largest absolute Gasteiger partial charge is 0.378 e. The molecule has 1 N–H and O–H groups in total. The Morgan fingerprint density at radius 3 is 2.95 bits per heavy atom. The van der Waals surface area contributed by atoms with E-state index in [0.717, 1.165) is 38.0 Å². The number of hydrogen-bond donors (Lipinski definition) is 1. The molecule has 0 aliphatic carbocycles. The van der Waals surface area contributed by atoms with Crippen LogP contribution in [-0.4, -0.2) is 25.3 Å². The number of halogens is 2. The van der Waals surface area contributed by atoms with Gasteiger partial charge < -0.3 is 10.1 Å². The van der Waals surface area contributed by atoms with Crippen LogP contribution in [0, 0.1) is 5.82 Å². The molecule has 1 aromatic carbocycles. The summed E-state index contributed by atoms with van der Waals surface area (Å²) in [5.41, 5.74) is 1.01. The van der Waals surface area contributed by atoms with Crippen LogP contribution in [0.15, 0.2) is 18.2 Å². The first-order chi connectivity index (χ1) is 10.2. The summed E-state index contributed by atoms with van der Waals surface area (Å²) in [6.45, 7) is 3.94. The molecule has 0 aromatic heterocycles. The summed E-state index contributed by atoms with van der Waals surface area (Å²) < 4.78 is 18.9. The fraction of sp³-hybridized carbons (Fsp3) is 0.647. The van der Waals surface area contributed by atoms with E-state index in [1.807, 2.05) is 0 Å². The van der Waals surface area contributed by atoms with Crippen molar-refractivity contribution in [2.24, 2.45) is 0 Å². The summed E-state index contributed by atoms with van der Waals surface area (Å²) in [5.74, 6) is -0.278. The quantitative estimate of drug-likeness (QED) is 0.808. The number of hydrogen-bond acceptors (Lipinski definition) is 2. The van der Waals surface area contributed by atoms with Crippen molar-refractivity contribution in [3.8, 4) is 0 Å². The minimum atomic E-state index is -0.278. The Hall–Kier alpha value is -0.640. The third-order valence-corrected chi connectivity index (χ3v) is 4.44. The molecule has 0 bridgehead atoms. The molecule has 1 heterocycles. The first-order valence-electron chi connectivity index (χ1n) is 7.98. The zero-order valence-electron chi connectivity index (χ0n) is 12.7. The lowest BCUT2D eigenvalue weighted by molar-refractivity contribution is 0.00861. The predicted octanol–water partition coefficient (Wildman–Crippen LogP) is 4.35. The van der Waals surface area contributed by atoms with Gasteiger partial charge in [0, 0.05) is 17.7 Å². The van der Waals surface area contributed by atoms with E-state index in [4.69, 9.17) is 16.3 Å². The van der Waals surface area contributed by atoms with E-state index in [-0.39, 0.29) is 5.82 Å². The summed E-state index contributed by atoms with van der Waals surface area (Å²) >= 11 is 6.13. The zero-order chi connectivity index (χ0) is 15.1. The first-order valence-corrected chi connectivity index (χ1v) is 8.35. The molecule has 2 nitrogen and oxygen atoms in total. The zero-order valence-corrected chi connectivity index (χ0v) is 13.5. The molecule has 4 heteroatoms. The van der Waals surface area contributed by atoms with Crippen LogP contribution < -0.4 is 5.32 Å². The second kappa shape index (κ2) is 8.72. The van der Waals surface area contributed by atoms with Crippen LogP contribution in [0.25, 0.3) is 0 Å². The van der Waals surface area contributed by atoms with Gasteiger partial charge in [0.2, 0.25) is 0 Å². The number of likely N-dealkylation sites (N-methyl/N-ethyl adjacent to an activating group) is 1. The maximum atomic E-state index is 13.1. The fourth-order valence-electron chi connectivity index (χ4n) is 2.94. The lowest BCUT2D eigenvalue weighted by Crippen LogP contribution is -2.32. The molecule has 0 amide bonds. The Labute approximate surface area is 132 Å². The molecule has 1 aromatic rings. The van der Waals surface area contributed by atoms with Crippen molar-refractivity contribution in [1.29, 1.82) is 0 Å². The second-order valence-electron chi connectivity index (χ2n) is 5.76. The van der Waals surface area contributed by atoms with Gasteiger partial charge in [0.15, 0.2) is 0 Å². The molecular weight excluding hydrogens is 289 g/mol. The Morgan fingerprint density at radius 1 is 1.43 bits per heavy atom. The average molecular weight is 314 g/mol. The molecular formula is C17H25ClFNO. The summed E-state index contributed by atoms with van der Waals surface area (Å²) in [5, 5.41) is 4.02. The standard InChI is InChI=1S/C17H25ClFNO/c1-2-20-15(8-9-16-5-3-4-10-21-16)11-13-6-7-14(19)12-17(13)18/h6-7,12,15-16,20H,2-5,8-11H2,1H3. The minimum Gasteiger partial charge on any atom is -0.378 e. The van der Waals surface area contributed by atoms with Crippen molar-refractivity contribution in [2.75, 3.05) is 13.2 Å². The van der Waals surface area contributed by atoms with Crippen molar-refractivity contribution in [3.63, 3.8) is 0 Å². The lowest BCUT2D eigenvalue weighted by atomic mass is 9.97. The van der Waals surface area contributed by atoms with Gasteiger partial charge in [-0.2, -0.15) is 0 Å². The van der Waals surface area contributed by atoms with Crippen LogP contribution in [-0.2, 0) is 11.2 Å². The predicted molar refractivity (Wildman–Crippen MR) is 85.4 cm³/mol. The van der Waals surface area contributed by atoms with Crippen LogP contribution in [0.4, 0.5) is 4.39 Å². The van der Waals surface area contributed by atoms with Crippen molar-refractivity contribution in [2.45, 2.75) is 57.6 Å². The number of nitrogens with one attached hydrogen (secondary N) is 1. The molecule has 21 heavy (non-hydrogen) atoms. The van der Waals surface area contributed by atoms with Crippen LogP contribution in [0.1, 0.15) is 44.6 Å².